The van der Waals surface area contributed by atoms with Gasteiger partial charge in [0.15, 0.2) is 0 Å². The largest absolute Gasteiger partial charge is 0.368 e. The molecule has 0 bridgehead atoms. The number of aryl methyl sites for hydroxylation is 1. The van der Waals surface area contributed by atoms with Crippen molar-refractivity contribution in [2.24, 2.45) is 7.05 Å². The van der Waals surface area contributed by atoms with E-state index in [1.165, 1.54) is 0 Å². The molecule has 2 aromatic heterocycles. The maximum Gasteiger partial charge on any atom is 0.228 e. The average molecular weight is 254 g/mol. The fourth-order valence-corrected chi connectivity index (χ4v) is 1.53. The van der Waals surface area contributed by atoms with Crippen molar-refractivity contribution in [3.05, 3.63) is 23.5 Å². The van der Waals surface area contributed by atoms with Gasteiger partial charge in [-0.15, -0.1) is 0 Å². The molecule has 0 atom stereocenters. The highest BCUT2D eigenvalue weighted by Gasteiger charge is 2.03. The number of aromatic nitrogens is 5. The molecule has 17 heavy (non-hydrogen) atoms. The van der Waals surface area contributed by atoms with Gasteiger partial charge in [0.2, 0.25) is 17.2 Å². The molecule has 8 heteroatoms. The van der Waals surface area contributed by atoms with E-state index in [9.17, 15) is 0 Å². The van der Waals surface area contributed by atoms with Gasteiger partial charge in [0.05, 0.1) is 0 Å². The van der Waals surface area contributed by atoms with E-state index in [1.807, 2.05) is 17.8 Å². The summed E-state index contributed by atoms with van der Waals surface area (Å²) in [5, 5.41) is 3.09. The first-order valence-corrected chi connectivity index (χ1v) is 5.40. The van der Waals surface area contributed by atoms with Crippen molar-refractivity contribution in [3.8, 4) is 0 Å². The molecule has 2 aromatic rings. The third-order valence-electron chi connectivity index (χ3n) is 2.18. The number of nitrogens with zero attached hydrogens (tertiary/aromatic N) is 5. The molecule has 0 radical (unpaired) electrons. The van der Waals surface area contributed by atoms with Crippen molar-refractivity contribution in [1.29, 1.82) is 0 Å². The molecule has 0 aliphatic carbocycles. The highest BCUT2D eigenvalue weighted by atomic mass is 35.5. The van der Waals surface area contributed by atoms with Crippen LogP contribution in [-0.4, -0.2) is 31.0 Å². The number of halogens is 1. The summed E-state index contributed by atoms with van der Waals surface area (Å²) < 4.78 is 1.95. The Bertz CT molecular complexity index is 490. The SMILES string of the molecule is Cn1ccnc1CCNc1nc(N)nc(Cl)n1. The van der Waals surface area contributed by atoms with Crippen LogP contribution in [0.15, 0.2) is 12.4 Å². The summed E-state index contributed by atoms with van der Waals surface area (Å²) in [7, 11) is 1.94. The van der Waals surface area contributed by atoms with E-state index >= 15 is 0 Å². The average Bonchev–Trinajstić information content (AvgIpc) is 2.63. The first-order chi connectivity index (χ1) is 8.15. The van der Waals surface area contributed by atoms with Crippen LogP contribution >= 0.6 is 11.6 Å². The van der Waals surface area contributed by atoms with Crippen molar-refractivity contribution >= 4 is 23.5 Å². The second kappa shape index (κ2) is 4.96. The van der Waals surface area contributed by atoms with Gasteiger partial charge >= 0.3 is 0 Å². The lowest BCUT2D eigenvalue weighted by molar-refractivity contribution is 0.786. The van der Waals surface area contributed by atoms with Crippen LogP contribution in [0.25, 0.3) is 0 Å². The van der Waals surface area contributed by atoms with Crippen LogP contribution in [0.5, 0.6) is 0 Å². The summed E-state index contributed by atoms with van der Waals surface area (Å²) in [6.45, 7) is 0.643. The molecule has 0 spiro atoms. The molecule has 3 N–H and O–H groups in total. The van der Waals surface area contributed by atoms with Crippen LogP contribution in [0.4, 0.5) is 11.9 Å². The molecule has 90 valence electrons. The summed E-state index contributed by atoms with van der Waals surface area (Å²) >= 11 is 5.66. The highest BCUT2D eigenvalue weighted by molar-refractivity contribution is 6.28. The minimum atomic E-state index is 0.0805. The summed E-state index contributed by atoms with van der Waals surface area (Å²) in [4.78, 5) is 15.7. The Labute approximate surface area is 103 Å². The maximum absolute atomic E-state index is 5.66. The number of hydrogen-bond donors (Lipinski definition) is 2. The zero-order valence-electron chi connectivity index (χ0n) is 9.26. The van der Waals surface area contributed by atoms with E-state index in [-0.39, 0.29) is 11.2 Å². The molecule has 2 rings (SSSR count). The Morgan fingerprint density at radius 1 is 1.41 bits per heavy atom. The Kier molecular flexibility index (Phi) is 3.38. The van der Waals surface area contributed by atoms with Gasteiger partial charge in [-0.3, -0.25) is 0 Å². The topological polar surface area (TPSA) is 94.5 Å². The fraction of sp³-hybridized carbons (Fsp3) is 0.333. The smallest absolute Gasteiger partial charge is 0.228 e. The molecule has 0 unspecified atom stereocenters. The number of nitrogens with one attached hydrogen (secondary N) is 1. The third kappa shape index (κ3) is 3.04. The monoisotopic (exact) mass is 253 g/mol. The van der Waals surface area contributed by atoms with Gasteiger partial charge in [-0.25, -0.2) is 4.98 Å². The Morgan fingerprint density at radius 2 is 2.24 bits per heavy atom. The van der Waals surface area contributed by atoms with Crippen LogP contribution in [-0.2, 0) is 13.5 Å². The van der Waals surface area contributed by atoms with Crippen LogP contribution in [0, 0.1) is 0 Å². The van der Waals surface area contributed by atoms with Gasteiger partial charge in [0, 0.05) is 32.4 Å². The second-order valence-electron chi connectivity index (χ2n) is 3.42. The zero-order valence-corrected chi connectivity index (χ0v) is 10.0. The number of rotatable bonds is 4. The molecular formula is C9H12ClN7. The van der Waals surface area contributed by atoms with Crippen LogP contribution in [0.3, 0.4) is 0 Å². The minimum Gasteiger partial charge on any atom is -0.368 e. The lowest BCUT2D eigenvalue weighted by atomic mass is 10.4. The second-order valence-corrected chi connectivity index (χ2v) is 3.76. The van der Waals surface area contributed by atoms with Crippen molar-refractivity contribution in [3.63, 3.8) is 0 Å². The molecule has 0 amide bonds. The van der Waals surface area contributed by atoms with Gasteiger partial charge in [-0.2, -0.15) is 15.0 Å². The lowest BCUT2D eigenvalue weighted by Crippen LogP contribution is -2.12. The molecular weight excluding hydrogens is 242 g/mol. The van der Waals surface area contributed by atoms with E-state index in [0.717, 1.165) is 12.2 Å². The predicted molar refractivity (Wildman–Crippen MR) is 64.7 cm³/mol. The Hall–Kier alpha value is -1.89. The van der Waals surface area contributed by atoms with Crippen LogP contribution in [0.1, 0.15) is 5.82 Å². The van der Waals surface area contributed by atoms with E-state index in [1.54, 1.807) is 6.20 Å². The summed E-state index contributed by atoms with van der Waals surface area (Å²) in [5.74, 6) is 1.45. The van der Waals surface area contributed by atoms with E-state index in [4.69, 9.17) is 17.3 Å². The third-order valence-corrected chi connectivity index (χ3v) is 2.35. The van der Waals surface area contributed by atoms with Gasteiger partial charge < -0.3 is 15.6 Å². The number of nitrogens with two attached hydrogens (primary N) is 1. The number of nitrogen functional groups attached to an aromatic ring is 1. The molecule has 2 heterocycles. The van der Waals surface area contributed by atoms with Gasteiger partial charge in [0.1, 0.15) is 5.82 Å². The Balaban J connectivity index is 1.92. The number of imidazole rings is 1. The van der Waals surface area contributed by atoms with Gasteiger partial charge in [0.25, 0.3) is 0 Å². The molecule has 0 aliphatic rings. The highest BCUT2D eigenvalue weighted by Crippen LogP contribution is 2.06. The first-order valence-electron chi connectivity index (χ1n) is 5.02. The maximum atomic E-state index is 5.66. The van der Waals surface area contributed by atoms with Crippen LogP contribution in [0.2, 0.25) is 5.28 Å². The van der Waals surface area contributed by atoms with Crippen LogP contribution < -0.4 is 11.1 Å². The molecule has 7 nitrogen and oxygen atoms in total. The quantitative estimate of drug-likeness (QED) is 0.824. The van der Waals surface area contributed by atoms with Crippen molar-refractivity contribution in [1.82, 2.24) is 24.5 Å². The standard InChI is InChI=1S/C9H12ClN7/c1-17-5-4-12-6(17)2-3-13-9-15-7(10)14-8(11)16-9/h4-5H,2-3H2,1H3,(H3,11,13,14,15,16). The zero-order chi connectivity index (χ0) is 12.3. The van der Waals surface area contributed by atoms with Crippen molar-refractivity contribution in [2.45, 2.75) is 6.42 Å². The predicted octanol–water partition coefficient (Wildman–Crippen LogP) is 0.495. The van der Waals surface area contributed by atoms with Crippen molar-refractivity contribution in [2.75, 3.05) is 17.6 Å². The normalized spacial score (nSPS) is 10.5. The van der Waals surface area contributed by atoms with Gasteiger partial charge in [-0.05, 0) is 11.6 Å². The minimum absolute atomic E-state index is 0.0805. The molecule has 0 aliphatic heterocycles. The molecule has 0 saturated carbocycles. The molecule has 0 saturated heterocycles. The summed E-state index contributed by atoms with van der Waals surface area (Å²) in [6.07, 6.45) is 4.41. The Morgan fingerprint density at radius 3 is 2.88 bits per heavy atom. The fourth-order valence-electron chi connectivity index (χ4n) is 1.37. The van der Waals surface area contributed by atoms with E-state index < -0.39 is 0 Å². The molecule has 0 fully saturated rings. The van der Waals surface area contributed by atoms with E-state index in [0.29, 0.717) is 12.5 Å². The number of anilines is 2. The van der Waals surface area contributed by atoms with Crippen molar-refractivity contribution < 1.29 is 0 Å². The molecule has 0 aromatic carbocycles. The van der Waals surface area contributed by atoms with Gasteiger partial charge in [-0.1, -0.05) is 0 Å². The summed E-state index contributed by atoms with van der Waals surface area (Å²) in [5.41, 5.74) is 5.45. The van der Waals surface area contributed by atoms with E-state index in [2.05, 4.69) is 25.3 Å². The lowest BCUT2D eigenvalue weighted by Gasteiger charge is -2.05. The number of hydrogen-bond acceptors (Lipinski definition) is 6. The summed E-state index contributed by atoms with van der Waals surface area (Å²) in [6, 6.07) is 0. The first kappa shape index (κ1) is 11.6.